The number of nitrogens with zero attached hydrogens (tertiary/aromatic N) is 1. The first-order chi connectivity index (χ1) is 13.2. The molecule has 0 bridgehead atoms. The van der Waals surface area contributed by atoms with E-state index < -0.39 is 10.0 Å². The quantitative estimate of drug-likeness (QED) is 0.843. The van der Waals surface area contributed by atoms with Gasteiger partial charge in [0.25, 0.3) is 0 Å². The summed E-state index contributed by atoms with van der Waals surface area (Å²) in [5.41, 5.74) is 1.99. The summed E-state index contributed by atoms with van der Waals surface area (Å²) in [4.78, 5) is 13.0. The van der Waals surface area contributed by atoms with Crippen molar-refractivity contribution in [3.63, 3.8) is 0 Å². The standard InChI is InChI=1S/C22H28N2O3S/c1-22(2,3)18-11-13-19(14-12-18)23-21(25)17-8-7-15-24(16-17)28(26,27)20-9-5-4-6-10-20/h4-6,9-14,17H,7-8,15-16H2,1-3H3,(H,23,25)/t17-/m1/s1. The molecular weight excluding hydrogens is 372 g/mol. The first kappa shape index (κ1) is 20.6. The summed E-state index contributed by atoms with van der Waals surface area (Å²) in [6, 6.07) is 16.2. The van der Waals surface area contributed by atoms with Crippen molar-refractivity contribution in [2.75, 3.05) is 18.4 Å². The Morgan fingerprint density at radius 2 is 1.68 bits per heavy atom. The van der Waals surface area contributed by atoms with E-state index in [0.29, 0.717) is 19.4 Å². The molecule has 1 fully saturated rings. The van der Waals surface area contributed by atoms with Gasteiger partial charge in [-0.3, -0.25) is 4.79 Å². The van der Waals surface area contributed by atoms with Crippen LogP contribution in [0.3, 0.4) is 0 Å². The van der Waals surface area contributed by atoms with Gasteiger partial charge in [0.1, 0.15) is 0 Å². The van der Waals surface area contributed by atoms with E-state index in [-0.39, 0.29) is 28.7 Å². The lowest BCUT2D eigenvalue weighted by Gasteiger charge is -2.31. The summed E-state index contributed by atoms with van der Waals surface area (Å²) >= 11 is 0. The molecule has 2 aromatic rings. The van der Waals surface area contributed by atoms with Gasteiger partial charge in [-0.25, -0.2) is 8.42 Å². The summed E-state index contributed by atoms with van der Waals surface area (Å²) in [6.07, 6.45) is 1.36. The summed E-state index contributed by atoms with van der Waals surface area (Å²) in [7, 11) is -3.57. The van der Waals surface area contributed by atoms with Crippen LogP contribution in [-0.4, -0.2) is 31.7 Å². The molecule has 6 heteroatoms. The van der Waals surface area contributed by atoms with E-state index in [0.717, 1.165) is 5.69 Å². The number of sulfonamides is 1. The molecule has 0 radical (unpaired) electrons. The first-order valence-electron chi connectivity index (χ1n) is 9.64. The van der Waals surface area contributed by atoms with Gasteiger partial charge in [-0.1, -0.05) is 51.1 Å². The summed E-state index contributed by atoms with van der Waals surface area (Å²) < 4.78 is 27.1. The number of carbonyl (C=O) groups excluding carboxylic acids is 1. The Balaban J connectivity index is 1.68. The topological polar surface area (TPSA) is 66.5 Å². The van der Waals surface area contributed by atoms with Crippen LogP contribution in [0.15, 0.2) is 59.5 Å². The van der Waals surface area contributed by atoms with Gasteiger partial charge >= 0.3 is 0 Å². The molecule has 0 aromatic heterocycles. The molecule has 150 valence electrons. The molecule has 1 atom stereocenters. The minimum Gasteiger partial charge on any atom is -0.326 e. The van der Waals surface area contributed by atoms with Crippen LogP contribution in [0, 0.1) is 5.92 Å². The molecule has 0 spiro atoms. The SMILES string of the molecule is CC(C)(C)c1ccc(NC(=O)[C@@H]2CCCN(S(=O)(=O)c3ccccc3)C2)cc1. The molecule has 5 nitrogen and oxygen atoms in total. The van der Waals surface area contributed by atoms with Crippen molar-refractivity contribution < 1.29 is 13.2 Å². The van der Waals surface area contributed by atoms with Gasteiger partial charge in [0.15, 0.2) is 0 Å². The zero-order valence-electron chi connectivity index (χ0n) is 16.7. The number of anilines is 1. The average Bonchev–Trinajstić information content (AvgIpc) is 2.68. The smallest absolute Gasteiger partial charge is 0.243 e. The molecule has 0 unspecified atom stereocenters. The second-order valence-corrected chi connectivity index (χ2v) is 10.3. The minimum absolute atomic E-state index is 0.0538. The van der Waals surface area contributed by atoms with Crippen LogP contribution in [0.4, 0.5) is 5.69 Å². The summed E-state index contributed by atoms with van der Waals surface area (Å²) in [6.45, 7) is 7.09. The van der Waals surface area contributed by atoms with Gasteiger partial charge < -0.3 is 5.32 Å². The van der Waals surface area contributed by atoms with Crippen molar-refractivity contribution in [3.8, 4) is 0 Å². The van der Waals surface area contributed by atoms with Gasteiger partial charge in [-0.2, -0.15) is 4.31 Å². The van der Waals surface area contributed by atoms with Crippen molar-refractivity contribution in [2.45, 2.75) is 43.9 Å². The van der Waals surface area contributed by atoms with Crippen molar-refractivity contribution in [2.24, 2.45) is 5.92 Å². The molecule has 0 saturated carbocycles. The van der Waals surface area contributed by atoms with Gasteiger partial charge in [-0.05, 0) is 48.1 Å². The van der Waals surface area contributed by atoms with Crippen molar-refractivity contribution in [3.05, 3.63) is 60.2 Å². The van der Waals surface area contributed by atoms with Gasteiger partial charge in [0.05, 0.1) is 10.8 Å². The zero-order chi connectivity index (χ0) is 20.4. The van der Waals surface area contributed by atoms with E-state index in [2.05, 4.69) is 26.1 Å². The van der Waals surface area contributed by atoms with Crippen LogP contribution >= 0.6 is 0 Å². The maximum atomic E-state index is 12.8. The molecule has 1 amide bonds. The molecule has 2 aromatic carbocycles. The van der Waals surface area contributed by atoms with Crippen molar-refractivity contribution in [1.82, 2.24) is 4.31 Å². The highest BCUT2D eigenvalue weighted by molar-refractivity contribution is 7.89. The maximum Gasteiger partial charge on any atom is 0.243 e. The highest BCUT2D eigenvalue weighted by Crippen LogP contribution is 2.26. The van der Waals surface area contributed by atoms with E-state index in [4.69, 9.17) is 0 Å². The Labute approximate surface area is 167 Å². The fourth-order valence-corrected chi connectivity index (χ4v) is 4.96. The van der Waals surface area contributed by atoms with Crippen LogP contribution < -0.4 is 5.32 Å². The van der Waals surface area contributed by atoms with E-state index in [9.17, 15) is 13.2 Å². The maximum absolute atomic E-state index is 12.8. The number of amides is 1. The first-order valence-corrected chi connectivity index (χ1v) is 11.1. The number of rotatable bonds is 4. The highest BCUT2D eigenvalue weighted by Gasteiger charge is 2.33. The Morgan fingerprint density at radius 3 is 2.29 bits per heavy atom. The van der Waals surface area contributed by atoms with Gasteiger partial charge in [-0.15, -0.1) is 0 Å². The number of carbonyl (C=O) groups is 1. The van der Waals surface area contributed by atoms with Crippen molar-refractivity contribution in [1.29, 1.82) is 0 Å². The van der Waals surface area contributed by atoms with E-state index in [1.807, 2.05) is 24.3 Å². The fraction of sp³-hybridized carbons (Fsp3) is 0.409. The zero-order valence-corrected chi connectivity index (χ0v) is 17.5. The Morgan fingerprint density at radius 1 is 1.04 bits per heavy atom. The molecule has 3 rings (SSSR count). The summed E-state index contributed by atoms with van der Waals surface area (Å²) in [5, 5.41) is 2.94. The molecule has 1 aliphatic heterocycles. The lowest BCUT2D eigenvalue weighted by molar-refractivity contribution is -0.120. The molecule has 0 aliphatic carbocycles. The highest BCUT2D eigenvalue weighted by atomic mass is 32.2. The van der Waals surface area contributed by atoms with Crippen LogP contribution in [0.5, 0.6) is 0 Å². The number of hydrogen-bond acceptors (Lipinski definition) is 3. The Bertz CT molecular complexity index is 917. The Hall–Kier alpha value is -2.18. The molecule has 28 heavy (non-hydrogen) atoms. The second kappa shape index (κ2) is 8.05. The molecule has 1 saturated heterocycles. The number of piperidine rings is 1. The number of nitrogens with one attached hydrogen (secondary N) is 1. The minimum atomic E-state index is -3.57. The number of hydrogen-bond donors (Lipinski definition) is 1. The van der Waals surface area contributed by atoms with Gasteiger partial charge in [0.2, 0.25) is 15.9 Å². The largest absolute Gasteiger partial charge is 0.326 e. The lowest BCUT2D eigenvalue weighted by atomic mass is 9.87. The van der Waals surface area contributed by atoms with Crippen LogP contribution in [0.2, 0.25) is 0 Å². The molecular formula is C22H28N2O3S. The number of benzene rings is 2. The third kappa shape index (κ3) is 4.62. The van der Waals surface area contributed by atoms with Crippen LogP contribution in [0.1, 0.15) is 39.2 Å². The second-order valence-electron chi connectivity index (χ2n) is 8.33. The average molecular weight is 401 g/mol. The third-order valence-electron chi connectivity index (χ3n) is 5.15. The predicted molar refractivity (Wildman–Crippen MR) is 112 cm³/mol. The monoisotopic (exact) mass is 400 g/mol. The normalized spacial score (nSPS) is 18.6. The third-order valence-corrected chi connectivity index (χ3v) is 7.03. The van der Waals surface area contributed by atoms with E-state index >= 15 is 0 Å². The van der Waals surface area contributed by atoms with E-state index in [1.165, 1.54) is 9.87 Å². The van der Waals surface area contributed by atoms with Crippen molar-refractivity contribution >= 4 is 21.6 Å². The lowest BCUT2D eigenvalue weighted by Crippen LogP contribution is -2.43. The summed E-state index contributed by atoms with van der Waals surface area (Å²) in [5.74, 6) is -0.481. The van der Waals surface area contributed by atoms with Crippen LogP contribution in [-0.2, 0) is 20.2 Å². The Kier molecular flexibility index (Phi) is 5.91. The van der Waals surface area contributed by atoms with E-state index in [1.54, 1.807) is 30.3 Å². The molecule has 1 N–H and O–H groups in total. The van der Waals surface area contributed by atoms with Crippen LogP contribution in [0.25, 0.3) is 0 Å². The molecule has 1 aliphatic rings. The predicted octanol–water partition coefficient (Wildman–Crippen LogP) is 4.02. The fourth-order valence-electron chi connectivity index (χ4n) is 3.41. The van der Waals surface area contributed by atoms with Gasteiger partial charge in [0, 0.05) is 18.8 Å². The molecule has 1 heterocycles.